The second kappa shape index (κ2) is 8.30. The van der Waals surface area contributed by atoms with E-state index in [1.165, 1.54) is 16.4 Å². The highest BCUT2D eigenvalue weighted by atomic mass is 35.5. The molecular formula is C18H18ClFN2O4S2. The molecule has 1 aliphatic rings. The Morgan fingerprint density at radius 1 is 0.893 bits per heavy atom. The van der Waals surface area contributed by atoms with Crippen LogP contribution in [0.4, 0.5) is 4.39 Å². The summed E-state index contributed by atoms with van der Waals surface area (Å²) in [6.45, 7) is -0.169. The third-order valence-corrected chi connectivity index (χ3v) is 8.03. The molecule has 0 N–H and O–H groups in total. The molecule has 0 aliphatic carbocycles. The van der Waals surface area contributed by atoms with E-state index >= 15 is 0 Å². The molecule has 0 atom stereocenters. The molecule has 2 aromatic rings. The third kappa shape index (κ3) is 4.61. The van der Waals surface area contributed by atoms with E-state index in [1.54, 1.807) is 24.3 Å². The van der Waals surface area contributed by atoms with Crippen molar-refractivity contribution in [1.82, 2.24) is 8.61 Å². The molecule has 6 nitrogen and oxygen atoms in total. The lowest BCUT2D eigenvalue weighted by Crippen LogP contribution is -2.50. The smallest absolute Gasteiger partial charge is 0.208 e. The van der Waals surface area contributed by atoms with E-state index in [2.05, 4.69) is 0 Å². The molecule has 0 unspecified atom stereocenters. The maximum atomic E-state index is 14.0. The molecule has 1 aliphatic heterocycles. The minimum atomic E-state index is -4.07. The second-order valence-electron chi connectivity index (χ2n) is 6.14. The maximum Gasteiger partial charge on any atom is 0.246 e. The quantitative estimate of drug-likeness (QED) is 0.710. The average molecular weight is 445 g/mol. The molecule has 0 saturated carbocycles. The summed E-state index contributed by atoms with van der Waals surface area (Å²) in [7, 11) is -7.76. The van der Waals surface area contributed by atoms with Gasteiger partial charge in [0.25, 0.3) is 0 Å². The van der Waals surface area contributed by atoms with Crippen LogP contribution in [0.5, 0.6) is 0 Å². The topological polar surface area (TPSA) is 74.8 Å². The first-order valence-electron chi connectivity index (χ1n) is 8.39. The lowest BCUT2D eigenvalue weighted by molar-refractivity contribution is 0.274. The zero-order valence-corrected chi connectivity index (χ0v) is 17.1. The Balaban J connectivity index is 1.70. The molecule has 0 aromatic heterocycles. The summed E-state index contributed by atoms with van der Waals surface area (Å²) in [5, 5.41) is 1.20. The van der Waals surface area contributed by atoms with Crippen molar-refractivity contribution in [3.63, 3.8) is 0 Å². The van der Waals surface area contributed by atoms with E-state index in [-0.39, 0.29) is 31.2 Å². The zero-order chi connectivity index (χ0) is 20.4. The third-order valence-electron chi connectivity index (χ3n) is 4.30. The Bertz CT molecular complexity index is 1080. The molecule has 150 valence electrons. The Hall–Kier alpha value is -1.78. The summed E-state index contributed by atoms with van der Waals surface area (Å²) in [5.41, 5.74) is 0.741. The van der Waals surface area contributed by atoms with Crippen LogP contribution in [0, 0.1) is 5.82 Å². The fraction of sp³-hybridized carbons (Fsp3) is 0.222. The van der Waals surface area contributed by atoms with Gasteiger partial charge in [-0.3, -0.25) is 0 Å². The standard InChI is InChI=1S/C18H18ClFN2O4S2/c19-16-6-7-18(17(20)14-16)28(25,26)22-11-9-21(10-12-22)27(23,24)13-8-15-4-2-1-3-5-15/h1-8,13-14H,9-12H2/b13-8+. The van der Waals surface area contributed by atoms with Crippen LogP contribution < -0.4 is 0 Å². The molecule has 0 spiro atoms. The van der Waals surface area contributed by atoms with Crippen molar-refractivity contribution in [2.45, 2.75) is 4.90 Å². The van der Waals surface area contributed by atoms with E-state index < -0.39 is 30.8 Å². The molecule has 1 fully saturated rings. The highest BCUT2D eigenvalue weighted by Gasteiger charge is 2.33. The minimum absolute atomic E-state index is 0.0180. The van der Waals surface area contributed by atoms with Crippen LogP contribution >= 0.6 is 11.6 Å². The van der Waals surface area contributed by atoms with Crippen molar-refractivity contribution in [3.05, 3.63) is 70.3 Å². The Labute approximate surface area is 168 Å². The second-order valence-corrected chi connectivity index (χ2v) is 10.3. The van der Waals surface area contributed by atoms with Gasteiger partial charge in [0.15, 0.2) is 0 Å². The summed E-state index contributed by atoms with van der Waals surface area (Å²) in [4.78, 5) is -0.475. The summed E-state index contributed by atoms with van der Waals surface area (Å²) >= 11 is 5.67. The van der Waals surface area contributed by atoms with Crippen LogP contribution in [0.25, 0.3) is 6.08 Å². The van der Waals surface area contributed by atoms with Crippen LogP contribution in [0.3, 0.4) is 0 Å². The number of piperazine rings is 1. The van der Waals surface area contributed by atoms with Gasteiger partial charge in [0.2, 0.25) is 20.0 Å². The summed E-state index contributed by atoms with van der Waals surface area (Å²) in [6, 6.07) is 12.3. The first-order valence-corrected chi connectivity index (χ1v) is 11.7. The molecule has 1 heterocycles. The van der Waals surface area contributed by atoms with Crippen molar-refractivity contribution < 1.29 is 21.2 Å². The normalized spacial score (nSPS) is 17.2. The number of halogens is 2. The van der Waals surface area contributed by atoms with Gasteiger partial charge in [0, 0.05) is 36.6 Å². The zero-order valence-electron chi connectivity index (χ0n) is 14.7. The van der Waals surface area contributed by atoms with Crippen molar-refractivity contribution in [2.75, 3.05) is 26.2 Å². The van der Waals surface area contributed by atoms with Gasteiger partial charge in [-0.1, -0.05) is 41.9 Å². The molecular weight excluding hydrogens is 427 g/mol. The molecule has 0 amide bonds. The fourth-order valence-electron chi connectivity index (χ4n) is 2.80. The van der Waals surface area contributed by atoms with Crippen molar-refractivity contribution >= 4 is 37.7 Å². The van der Waals surface area contributed by atoms with E-state index in [1.807, 2.05) is 6.07 Å². The molecule has 3 rings (SSSR count). The monoisotopic (exact) mass is 444 g/mol. The summed E-state index contributed by atoms with van der Waals surface area (Å²) < 4.78 is 66.5. The number of sulfonamides is 2. The lowest BCUT2D eigenvalue weighted by Gasteiger charge is -2.32. The van der Waals surface area contributed by atoms with Gasteiger partial charge in [-0.05, 0) is 29.8 Å². The van der Waals surface area contributed by atoms with Crippen LogP contribution in [-0.4, -0.2) is 51.6 Å². The van der Waals surface area contributed by atoms with E-state index in [0.717, 1.165) is 27.4 Å². The first-order chi connectivity index (χ1) is 13.2. The van der Waals surface area contributed by atoms with Gasteiger partial charge in [-0.25, -0.2) is 21.2 Å². The van der Waals surface area contributed by atoms with E-state index in [0.29, 0.717) is 0 Å². The molecule has 28 heavy (non-hydrogen) atoms. The summed E-state index contributed by atoms with van der Waals surface area (Å²) in [5.74, 6) is -0.937. The van der Waals surface area contributed by atoms with Crippen molar-refractivity contribution in [2.24, 2.45) is 0 Å². The first kappa shape index (κ1) is 20.9. The predicted octanol–water partition coefficient (Wildman–Crippen LogP) is 2.79. The SMILES string of the molecule is O=S(=O)(/C=C/c1ccccc1)N1CCN(S(=O)(=O)c2ccc(Cl)cc2F)CC1. The Kier molecular flexibility index (Phi) is 6.21. The van der Waals surface area contributed by atoms with Crippen LogP contribution in [0.15, 0.2) is 58.8 Å². The molecule has 10 heteroatoms. The van der Waals surface area contributed by atoms with Gasteiger partial charge >= 0.3 is 0 Å². The van der Waals surface area contributed by atoms with Crippen LogP contribution in [0.1, 0.15) is 5.56 Å². The molecule has 0 bridgehead atoms. The van der Waals surface area contributed by atoms with Gasteiger partial charge in [0.1, 0.15) is 10.7 Å². The Morgan fingerprint density at radius 3 is 2.11 bits per heavy atom. The largest absolute Gasteiger partial charge is 0.246 e. The van der Waals surface area contributed by atoms with Crippen molar-refractivity contribution in [3.8, 4) is 0 Å². The number of benzene rings is 2. The average Bonchev–Trinajstić information content (AvgIpc) is 2.67. The summed E-state index contributed by atoms with van der Waals surface area (Å²) in [6.07, 6.45) is 1.49. The predicted molar refractivity (Wildman–Crippen MR) is 106 cm³/mol. The van der Waals surface area contributed by atoms with Gasteiger partial charge < -0.3 is 0 Å². The van der Waals surface area contributed by atoms with Gasteiger partial charge in [-0.15, -0.1) is 0 Å². The number of hydrogen-bond donors (Lipinski definition) is 0. The fourth-order valence-corrected chi connectivity index (χ4v) is 5.60. The minimum Gasteiger partial charge on any atom is -0.208 e. The van der Waals surface area contributed by atoms with Crippen LogP contribution in [0.2, 0.25) is 5.02 Å². The van der Waals surface area contributed by atoms with E-state index in [4.69, 9.17) is 11.6 Å². The lowest BCUT2D eigenvalue weighted by atomic mass is 10.2. The number of hydrogen-bond acceptors (Lipinski definition) is 4. The van der Waals surface area contributed by atoms with Gasteiger partial charge in [-0.2, -0.15) is 8.61 Å². The highest BCUT2D eigenvalue weighted by Crippen LogP contribution is 2.24. The van der Waals surface area contributed by atoms with E-state index in [9.17, 15) is 21.2 Å². The molecule has 1 saturated heterocycles. The number of rotatable bonds is 5. The molecule has 2 aromatic carbocycles. The molecule has 0 radical (unpaired) electrons. The van der Waals surface area contributed by atoms with Crippen LogP contribution in [-0.2, 0) is 20.0 Å². The Morgan fingerprint density at radius 2 is 1.50 bits per heavy atom. The highest BCUT2D eigenvalue weighted by molar-refractivity contribution is 7.92. The van der Waals surface area contributed by atoms with Crippen molar-refractivity contribution in [1.29, 1.82) is 0 Å². The number of nitrogens with zero attached hydrogens (tertiary/aromatic N) is 2. The van der Waals surface area contributed by atoms with Gasteiger partial charge in [0.05, 0.1) is 0 Å². The maximum absolute atomic E-state index is 14.0.